The van der Waals surface area contributed by atoms with Gasteiger partial charge in [-0.3, -0.25) is 9.97 Å². The quantitative estimate of drug-likeness (QED) is 0.232. The van der Waals surface area contributed by atoms with Gasteiger partial charge < -0.3 is 10.2 Å². The van der Waals surface area contributed by atoms with Crippen LogP contribution in [-0.4, -0.2) is 9.97 Å². The summed E-state index contributed by atoms with van der Waals surface area (Å²) in [7, 11) is 0. The van der Waals surface area contributed by atoms with Gasteiger partial charge in [-0.2, -0.15) is 0 Å². The molecule has 2 aromatic carbocycles. The molecule has 0 N–H and O–H groups in total. The van der Waals surface area contributed by atoms with Gasteiger partial charge in [-0.05, 0) is 81.6 Å². The van der Waals surface area contributed by atoms with Gasteiger partial charge in [-0.1, -0.05) is 34.7 Å². The van der Waals surface area contributed by atoms with Crippen molar-refractivity contribution in [1.82, 2.24) is 9.97 Å². The largest absolute Gasteiger partial charge is 2.00 e. The van der Waals surface area contributed by atoms with Crippen LogP contribution in [0.4, 0.5) is 0 Å². The molecule has 140 valence electrons. The molecule has 0 aliphatic heterocycles. The molecule has 0 amide bonds. The van der Waals surface area contributed by atoms with E-state index in [-0.39, 0.29) is 32.6 Å². The second-order valence-corrected chi connectivity index (χ2v) is 8.28. The normalized spacial score (nSPS) is 10.2. The van der Waals surface area contributed by atoms with Crippen LogP contribution in [-0.2, 0) is 21.1 Å². The van der Waals surface area contributed by atoms with E-state index in [9.17, 15) is 10.2 Å². The summed E-state index contributed by atoms with van der Waals surface area (Å²) in [5.41, 5.74) is 0.888. The van der Waals surface area contributed by atoms with Gasteiger partial charge in [0.2, 0.25) is 0 Å². The summed E-state index contributed by atoms with van der Waals surface area (Å²) in [4.78, 5) is 8.00. The molecular weight excluding hydrogens is 796 g/mol. The van der Waals surface area contributed by atoms with Gasteiger partial charge in [-0.25, -0.2) is 0 Å². The fourth-order valence-corrected chi connectivity index (χ4v) is 4.32. The van der Waals surface area contributed by atoms with E-state index in [1.807, 2.05) is 45.2 Å². The fourth-order valence-electron chi connectivity index (χ4n) is 2.29. The van der Waals surface area contributed by atoms with Crippen molar-refractivity contribution in [2.75, 3.05) is 0 Å². The van der Waals surface area contributed by atoms with Gasteiger partial charge >= 0.3 is 21.1 Å². The van der Waals surface area contributed by atoms with Crippen LogP contribution in [0.15, 0.2) is 48.8 Å². The van der Waals surface area contributed by atoms with E-state index >= 15 is 0 Å². The standard InChI is InChI=1S/2C9H5ClINO.Pt/c2*10-6-4-7(11)9(13)8-5(6)2-1-3-12-8;/h2*1-4,13H;/q;;+2/p-2. The topological polar surface area (TPSA) is 71.9 Å². The maximum absolute atomic E-state index is 11.6. The molecule has 9 heteroatoms. The SMILES string of the molecule is [O-]c1c(I)cc(Cl)c2cccnc12.[O-]c1c(I)cc(Cl)c2cccnc12.[Pt+2]. The first kappa shape index (κ1) is 22.9. The molecule has 4 nitrogen and oxygen atoms in total. The molecule has 0 spiro atoms. The minimum atomic E-state index is -0.0550. The van der Waals surface area contributed by atoms with Crippen molar-refractivity contribution < 1.29 is 31.3 Å². The first-order valence-corrected chi connectivity index (χ1v) is 10.1. The molecule has 4 aromatic rings. The molecule has 27 heavy (non-hydrogen) atoms. The van der Waals surface area contributed by atoms with Crippen molar-refractivity contribution in [1.29, 1.82) is 0 Å². The average Bonchev–Trinajstić information content (AvgIpc) is 2.65. The third-order valence-electron chi connectivity index (χ3n) is 3.50. The summed E-state index contributed by atoms with van der Waals surface area (Å²) in [6.07, 6.45) is 3.19. The minimum absolute atomic E-state index is 0. The van der Waals surface area contributed by atoms with Gasteiger partial charge in [0.1, 0.15) is 0 Å². The molecule has 0 bridgehead atoms. The predicted molar refractivity (Wildman–Crippen MR) is 118 cm³/mol. The first-order chi connectivity index (χ1) is 12.4. The van der Waals surface area contributed by atoms with Crippen LogP contribution in [0.5, 0.6) is 11.5 Å². The second-order valence-electron chi connectivity index (χ2n) is 5.14. The Hall–Kier alpha value is -0.412. The zero-order valence-electron chi connectivity index (χ0n) is 13.2. The third kappa shape index (κ3) is 4.96. The van der Waals surface area contributed by atoms with Crippen LogP contribution in [0.3, 0.4) is 0 Å². The molecule has 0 aliphatic rings. The molecule has 2 heterocycles. The minimum Gasteiger partial charge on any atom is -0.870 e. The number of rotatable bonds is 0. The molecule has 0 saturated heterocycles. The molecule has 2 aromatic heterocycles. The van der Waals surface area contributed by atoms with Crippen LogP contribution in [0, 0.1) is 7.14 Å². The number of nitrogens with zero attached hydrogens (tertiary/aromatic N) is 2. The summed E-state index contributed by atoms with van der Waals surface area (Å²) in [5.74, 6) is -0.110. The van der Waals surface area contributed by atoms with Gasteiger partial charge in [0.05, 0.1) is 21.1 Å². The molecule has 0 radical (unpaired) electrons. The molecule has 0 aliphatic carbocycles. The zero-order valence-corrected chi connectivity index (χ0v) is 21.3. The van der Waals surface area contributed by atoms with E-state index < -0.39 is 0 Å². The zero-order chi connectivity index (χ0) is 18.8. The molecule has 4 rings (SSSR count). The fraction of sp³-hybridized carbons (Fsp3) is 0. The Bertz CT molecular complexity index is 1040. The number of pyridine rings is 2. The summed E-state index contributed by atoms with van der Waals surface area (Å²) in [6, 6.07) is 10.4. The Kier molecular flexibility index (Phi) is 8.36. The second kappa shape index (κ2) is 9.87. The van der Waals surface area contributed by atoms with Gasteiger partial charge in [0, 0.05) is 30.3 Å². The van der Waals surface area contributed by atoms with Crippen molar-refractivity contribution in [2.24, 2.45) is 0 Å². The Morgan fingerprint density at radius 2 is 1.11 bits per heavy atom. The van der Waals surface area contributed by atoms with E-state index in [4.69, 9.17) is 23.2 Å². The summed E-state index contributed by atoms with van der Waals surface area (Å²) >= 11 is 15.8. The van der Waals surface area contributed by atoms with E-state index in [1.165, 1.54) is 0 Å². The monoisotopic (exact) mass is 803 g/mol. The molecule has 0 unspecified atom stereocenters. The van der Waals surface area contributed by atoms with Crippen LogP contribution < -0.4 is 10.2 Å². The Morgan fingerprint density at radius 3 is 1.48 bits per heavy atom. The number of halogens is 4. The smallest absolute Gasteiger partial charge is 0.870 e. The number of aromatic nitrogens is 2. The number of benzene rings is 2. The maximum Gasteiger partial charge on any atom is 2.00 e. The summed E-state index contributed by atoms with van der Waals surface area (Å²) in [6.45, 7) is 0. The van der Waals surface area contributed by atoms with E-state index in [0.29, 0.717) is 28.2 Å². The molecule has 0 atom stereocenters. The van der Waals surface area contributed by atoms with Crippen molar-refractivity contribution in [3.8, 4) is 11.5 Å². The van der Waals surface area contributed by atoms with Crippen LogP contribution >= 0.6 is 68.4 Å². The van der Waals surface area contributed by atoms with Gasteiger partial charge in [0.15, 0.2) is 0 Å². The van der Waals surface area contributed by atoms with Gasteiger partial charge in [0.25, 0.3) is 0 Å². The average molecular weight is 804 g/mol. The maximum atomic E-state index is 11.6. The van der Waals surface area contributed by atoms with Crippen molar-refractivity contribution in [3.63, 3.8) is 0 Å². The van der Waals surface area contributed by atoms with Crippen LogP contribution in [0.2, 0.25) is 10.0 Å². The Balaban J connectivity index is 0.000000187. The third-order valence-corrected chi connectivity index (χ3v) is 5.73. The van der Waals surface area contributed by atoms with Crippen LogP contribution in [0.1, 0.15) is 0 Å². The molecule has 0 fully saturated rings. The predicted octanol–water partition coefficient (Wildman–Crippen LogP) is 5.13. The number of hydrogen-bond acceptors (Lipinski definition) is 4. The van der Waals surface area contributed by atoms with Crippen molar-refractivity contribution in [3.05, 3.63) is 66.0 Å². The number of hydrogen-bond donors (Lipinski definition) is 0. The Labute approximate surface area is 206 Å². The summed E-state index contributed by atoms with van der Waals surface area (Å²) < 4.78 is 1.21. The van der Waals surface area contributed by atoms with Crippen molar-refractivity contribution in [2.45, 2.75) is 0 Å². The van der Waals surface area contributed by atoms with E-state index in [2.05, 4.69) is 9.97 Å². The Morgan fingerprint density at radius 1 is 0.741 bits per heavy atom. The van der Waals surface area contributed by atoms with Crippen LogP contribution in [0.25, 0.3) is 21.8 Å². The molecular formula is C18H8Cl2I2N2O2Pt. The number of fused-ring (bicyclic) bond motifs is 2. The van der Waals surface area contributed by atoms with Crippen molar-refractivity contribution >= 4 is 90.2 Å². The summed E-state index contributed by atoms with van der Waals surface area (Å²) in [5, 5.41) is 25.7. The van der Waals surface area contributed by atoms with Gasteiger partial charge in [-0.15, -0.1) is 0 Å². The molecule has 0 saturated carbocycles. The van der Waals surface area contributed by atoms with E-state index in [1.54, 1.807) is 48.8 Å². The van der Waals surface area contributed by atoms with E-state index in [0.717, 1.165) is 10.8 Å². The first-order valence-electron chi connectivity index (χ1n) is 7.19.